The molecule has 2 heteroatoms. The van der Waals surface area contributed by atoms with Crippen LogP contribution in [0.4, 0.5) is 0 Å². The highest BCUT2D eigenvalue weighted by atomic mass is 16.3. The van der Waals surface area contributed by atoms with E-state index >= 15 is 0 Å². The minimum atomic E-state index is 0.262. The van der Waals surface area contributed by atoms with Crippen molar-refractivity contribution in [2.75, 3.05) is 0 Å². The molecule has 2 aromatic rings. The van der Waals surface area contributed by atoms with E-state index in [1.54, 1.807) is 24.3 Å². The first-order valence-electron chi connectivity index (χ1n) is 5.30. The summed E-state index contributed by atoms with van der Waals surface area (Å²) in [6.07, 6.45) is 4.74. The van der Waals surface area contributed by atoms with E-state index in [9.17, 15) is 4.79 Å². The molecular formula is C15H12O2. The van der Waals surface area contributed by atoms with Crippen molar-refractivity contribution in [2.45, 2.75) is 0 Å². The minimum absolute atomic E-state index is 0.262. The zero-order chi connectivity index (χ0) is 12.1. The molecule has 0 aliphatic carbocycles. The molecule has 0 radical (unpaired) electrons. The van der Waals surface area contributed by atoms with Crippen LogP contribution in [-0.4, -0.2) is 11.4 Å². The summed E-state index contributed by atoms with van der Waals surface area (Å²) in [5.41, 5.74) is 2.72. The van der Waals surface area contributed by atoms with Crippen LogP contribution in [0.3, 0.4) is 0 Å². The summed E-state index contributed by atoms with van der Waals surface area (Å²) in [7, 11) is 0. The van der Waals surface area contributed by atoms with Gasteiger partial charge in [-0.15, -0.1) is 0 Å². The van der Waals surface area contributed by atoms with Crippen molar-refractivity contribution in [2.24, 2.45) is 0 Å². The molecular weight excluding hydrogens is 212 g/mol. The molecule has 0 saturated heterocycles. The Hall–Kier alpha value is -2.35. The molecule has 17 heavy (non-hydrogen) atoms. The van der Waals surface area contributed by atoms with Crippen molar-refractivity contribution in [1.82, 2.24) is 0 Å². The van der Waals surface area contributed by atoms with Gasteiger partial charge in [0.15, 0.2) is 0 Å². The number of hydrogen-bond donors (Lipinski definition) is 1. The summed E-state index contributed by atoms with van der Waals surface area (Å²) in [5.74, 6) is 0.262. The number of phenols is 1. The van der Waals surface area contributed by atoms with E-state index in [0.29, 0.717) is 5.56 Å². The second-order valence-corrected chi connectivity index (χ2v) is 3.71. The molecule has 0 heterocycles. The molecule has 0 unspecified atom stereocenters. The van der Waals surface area contributed by atoms with E-state index in [2.05, 4.69) is 0 Å². The number of phenolic OH excluding ortho intramolecular Hbond substituents is 1. The summed E-state index contributed by atoms with van der Waals surface area (Å²) in [4.78, 5) is 10.5. The highest BCUT2D eigenvalue weighted by molar-refractivity contribution is 5.76. The van der Waals surface area contributed by atoms with Crippen LogP contribution in [0.25, 0.3) is 12.2 Å². The van der Waals surface area contributed by atoms with E-state index in [4.69, 9.17) is 5.11 Å². The van der Waals surface area contributed by atoms with Gasteiger partial charge in [-0.05, 0) is 23.3 Å². The van der Waals surface area contributed by atoms with Gasteiger partial charge in [-0.1, -0.05) is 48.6 Å². The molecule has 0 aliphatic heterocycles. The van der Waals surface area contributed by atoms with Gasteiger partial charge in [-0.3, -0.25) is 4.79 Å². The van der Waals surface area contributed by atoms with E-state index < -0.39 is 0 Å². The molecule has 2 aromatic carbocycles. The summed E-state index contributed by atoms with van der Waals surface area (Å²) in [5, 5.41) is 9.14. The van der Waals surface area contributed by atoms with Gasteiger partial charge in [0.2, 0.25) is 0 Å². The Bertz CT molecular complexity index is 522. The van der Waals surface area contributed by atoms with Crippen LogP contribution in [0.5, 0.6) is 5.75 Å². The largest absolute Gasteiger partial charge is 0.508 e. The van der Waals surface area contributed by atoms with Gasteiger partial charge in [0.25, 0.3) is 0 Å². The molecule has 1 N–H and O–H groups in total. The molecule has 84 valence electrons. The molecule has 0 saturated carbocycles. The fourth-order valence-electron chi connectivity index (χ4n) is 1.46. The first-order valence-corrected chi connectivity index (χ1v) is 5.30. The van der Waals surface area contributed by atoms with Gasteiger partial charge < -0.3 is 5.11 Å². The third-order valence-electron chi connectivity index (χ3n) is 2.43. The second kappa shape index (κ2) is 5.12. The lowest BCUT2D eigenvalue weighted by Crippen LogP contribution is -1.78. The predicted octanol–water partition coefficient (Wildman–Crippen LogP) is 3.38. The number of rotatable bonds is 3. The van der Waals surface area contributed by atoms with Crippen LogP contribution in [0, 0.1) is 0 Å². The predicted molar refractivity (Wildman–Crippen MR) is 68.9 cm³/mol. The fraction of sp³-hybridized carbons (Fsp3) is 0. The monoisotopic (exact) mass is 224 g/mol. The van der Waals surface area contributed by atoms with Crippen molar-refractivity contribution in [3.05, 3.63) is 65.2 Å². The van der Waals surface area contributed by atoms with Crippen LogP contribution >= 0.6 is 0 Å². The number of carbonyl (C=O) groups is 1. The van der Waals surface area contributed by atoms with Crippen molar-refractivity contribution in [3.63, 3.8) is 0 Å². The van der Waals surface area contributed by atoms with E-state index in [1.807, 2.05) is 36.4 Å². The Morgan fingerprint density at radius 2 is 1.12 bits per heavy atom. The Kier molecular flexibility index (Phi) is 3.36. The van der Waals surface area contributed by atoms with Crippen molar-refractivity contribution >= 4 is 18.4 Å². The number of aromatic hydroxyl groups is 1. The van der Waals surface area contributed by atoms with Crippen molar-refractivity contribution in [1.29, 1.82) is 0 Å². The van der Waals surface area contributed by atoms with Crippen LogP contribution in [0.1, 0.15) is 21.5 Å². The quantitative estimate of drug-likeness (QED) is 0.641. The molecule has 0 spiro atoms. The van der Waals surface area contributed by atoms with Gasteiger partial charge in [-0.2, -0.15) is 0 Å². The molecule has 0 aromatic heterocycles. The van der Waals surface area contributed by atoms with Crippen molar-refractivity contribution < 1.29 is 9.90 Å². The van der Waals surface area contributed by atoms with E-state index in [1.165, 1.54) is 0 Å². The average Bonchev–Trinajstić information content (AvgIpc) is 2.39. The molecule has 2 nitrogen and oxygen atoms in total. The van der Waals surface area contributed by atoms with Gasteiger partial charge >= 0.3 is 0 Å². The minimum Gasteiger partial charge on any atom is -0.508 e. The number of hydrogen-bond acceptors (Lipinski definition) is 2. The van der Waals surface area contributed by atoms with Gasteiger partial charge in [0.1, 0.15) is 12.0 Å². The van der Waals surface area contributed by atoms with Gasteiger partial charge in [0.05, 0.1) is 0 Å². The third kappa shape index (κ3) is 3.05. The zero-order valence-corrected chi connectivity index (χ0v) is 9.21. The normalized spacial score (nSPS) is 10.6. The number of benzene rings is 2. The van der Waals surface area contributed by atoms with Crippen molar-refractivity contribution in [3.8, 4) is 5.75 Å². The van der Waals surface area contributed by atoms with Crippen LogP contribution in [0.2, 0.25) is 0 Å². The van der Waals surface area contributed by atoms with E-state index in [-0.39, 0.29) is 5.75 Å². The maximum atomic E-state index is 10.5. The molecule has 0 amide bonds. The lowest BCUT2D eigenvalue weighted by molar-refractivity contribution is 0.112. The third-order valence-corrected chi connectivity index (χ3v) is 2.43. The lowest BCUT2D eigenvalue weighted by atomic mass is 10.1. The summed E-state index contributed by atoms with van der Waals surface area (Å²) in [6.45, 7) is 0. The fourth-order valence-corrected chi connectivity index (χ4v) is 1.46. The van der Waals surface area contributed by atoms with Crippen LogP contribution < -0.4 is 0 Å². The van der Waals surface area contributed by atoms with Crippen LogP contribution in [0.15, 0.2) is 48.5 Å². The SMILES string of the molecule is O=Cc1ccc(/C=C/c2ccc(O)cc2)cc1. The first kappa shape index (κ1) is 11.1. The summed E-state index contributed by atoms with van der Waals surface area (Å²) in [6, 6.07) is 14.3. The molecule has 2 rings (SSSR count). The highest BCUT2D eigenvalue weighted by Gasteiger charge is 1.91. The summed E-state index contributed by atoms with van der Waals surface area (Å²) >= 11 is 0. The summed E-state index contributed by atoms with van der Waals surface area (Å²) < 4.78 is 0. The maximum absolute atomic E-state index is 10.5. The topological polar surface area (TPSA) is 37.3 Å². The van der Waals surface area contributed by atoms with Gasteiger partial charge in [-0.25, -0.2) is 0 Å². The molecule has 0 aliphatic rings. The molecule has 0 atom stereocenters. The average molecular weight is 224 g/mol. The standard InChI is InChI=1S/C15H12O2/c16-11-14-5-3-12(4-6-14)1-2-13-7-9-15(17)10-8-13/h1-11,17H/b2-1+. The molecule has 0 fully saturated rings. The lowest BCUT2D eigenvalue weighted by Gasteiger charge is -1.96. The smallest absolute Gasteiger partial charge is 0.150 e. The second-order valence-electron chi connectivity index (χ2n) is 3.71. The Labute approximate surface area is 99.8 Å². The highest BCUT2D eigenvalue weighted by Crippen LogP contribution is 2.13. The Morgan fingerprint density at radius 1 is 0.706 bits per heavy atom. The number of aldehydes is 1. The number of carbonyl (C=O) groups excluding carboxylic acids is 1. The van der Waals surface area contributed by atoms with Gasteiger partial charge in [0, 0.05) is 5.56 Å². The Balaban J connectivity index is 2.14. The maximum Gasteiger partial charge on any atom is 0.150 e. The zero-order valence-electron chi connectivity index (χ0n) is 9.21. The van der Waals surface area contributed by atoms with Crippen LogP contribution in [-0.2, 0) is 0 Å². The van der Waals surface area contributed by atoms with E-state index in [0.717, 1.165) is 17.4 Å². The Morgan fingerprint density at radius 3 is 1.59 bits per heavy atom. The first-order chi connectivity index (χ1) is 8.28. The molecule has 0 bridgehead atoms.